The number of nitrogens with one attached hydrogen (secondary N) is 1. The van der Waals surface area contributed by atoms with Crippen molar-refractivity contribution in [1.29, 1.82) is 0 Å². The number of hydrogen-bond acceptors (Lipinski definition) is 5. The molecule has 0 amide bonds. The van der Waals surface area contributed by atoms with Gasteiger partial charge in [-0.15, -0.1) is 0 Å². The molecule has 1 saturated heterocycles. The summed E-state index contributed by atoms with van der Waals surface area (Å²) >= 11 is 0. The van der Waals surface area contributed by atoms with Crippen molar-refractivity contribution in [2.24, 2.45) is 0 Å². The van der Waals surface area contributed by atoms with E-state index in [2.05, 4.69) is 5.32 Å². The van der Waals surface area contributed by atoms with Gasteiger partial charge in [0.05, 0.1) is 18.1 Å². The van der Waals surface area contributed by atoms with E-state index in [1.54, 1.807) is 0 Å². The van der Waals surface area contributed by atoms with Crippen LogP contribution in [0.25, 0.3) is 0 Å². The van der Waals surface area contributed by atoms with Crippen molar-refractivity contribution in [1.82, 2.24) is 5.32 Å². The minimum absolute atomic E-state index is 0.0320. The van der Waals surface area contributed by atoms with Crippen LogP contribution in [0.4, 0.5) is 0 Å². The molecule has 5 nitrogen and oxygen atoms in total. The lowest BCUT2D eigenvalue weighted by Gasteiger charge is -2.15. The van der Waals surface area contributed by atoms with Crippen LogP contribution >= 0.6 is 0 Å². The van der Waals surface area contributed by atoms with Gasteiger partial charge in [0.2, 0.25) is 0 Å². The van der Waals surface area contributed by atoms with Crippen molar-refractivity contribution >= 4 is 9.84 Å². The normalized spacial score (nSPS) is 18.6. The summed E-state index contributed by atoms with van der Waals surface area (Å²) in [6.45, 7) is 3.59. The second-order valence-corrected chi connectivity index (χ2v) is 8.70. The molecule has 3 rings (SSSR count). The van der Waals surface area contributed by atoms with Crippen molar-refractivity contribution in [3.8, 4) is 11.5 Å². The van der Waals surface area contributed by atoms with Gasteiger partial charge in [-0.05, 0) is 36.6 Å². The zero-order valence-electron chi connectivity index (χ0n) is 15.0. The molecule has 1 aliphatic heterocycles. The summed E-state index contributed by atoms with van der Waals surface area (Å²) in [6.07, 6.45) is 0.679. The van der Waals surface area contributed by atoms with Gasteiger partial charge < -0.3 is 14.8 Å². The van der Waals surface area contributed by atoms with Gasteiger partial charge in [0.15, 0.2) is 21.3 Å². The number of benzene rings is 2. The van der Waals surface area contributed by atoms with Crippen LogP contribution in [0.1, 0.15) is 24.5 Å². The van der Waals surface area contributed by atoms with Crippen LogP contribution < -0.4 is 14.8 Å². The average Bonchev–Trinajstić information content (AvgIpc) is 2.99. The Morgan fingerprint density at radius 1 is 1.04 bits per heavy atom. The van der Waals surface area contributed by atoms with Gasteiger partial charge in [-0.2, -0.15) is 0 Å². The molecule has 140 valence electrons. The first kappa shape index (κ1) is 18.7. The molecule has 1 fully saturated rings. The van der Waals surface area contributed by atoms with E-state index < -0.39 is 9.84 Å². The van der Waals surface area contributed by atoms with E-state index in [0.717, 1.165) is 11.1 Å². The highest BCUT2D eigenvalue weighted by Crippen LogP contribution is 2.29. The summed E-state index contributed by atoms with van der Waals surface area (Å²) in [6, 6.07) is 15.9. The molecule has 1 unspecified atom stereocenters. The van der Waals surface area contributed by atoms with Crippen molar-refractivity contribution < 1.29 is 17.9 Å². The summed E-state index contributed by atoms with van der Waals surface area (Å²) in [4.78, 5) is 0. The largest absolute Gasteiger partial charge is 0.490 e. The minimum atomic E-state index is -2.86. The molecule has 1 aliphatic rings. The van der Waals surface area contributed by atoms with Crippen molar-refractivity contribution in [2.45, 2.75) is 32.5 Å². The maximum atomic E-state index is 11.5. The smallest absolute Gasteiger partial charge is 0.161 e. The Morgan fingerprint density at radius 3 is 2.54 bits per heavy atom. The molecule has 0 spiro atoms. The van der Waals surface area contributed by atoms with E-state index in [1.807, 2.05) is 55.5 Å². The quantitative estimate of drug-likeness (QED) is 0.768. The van der Waals surface area contributed by atoms with Gasteiger partial charge in [0.1, 0.15) is 6.61 Å². The van der Waals surface area contributed by atoms with Crippen LogP contribution in [0.2, 0.25) is 0 Å². The van der Waals surface area contributed by atoms with E-state index in [-0.39, 0.29) is 17.5 Å². The van der Waals surface area contributed by atoms with Crippen molar-refractivity contribution in [3.05, 3.63) is 59.7 Å². The van der Waals surface area contributed by atoms with Gasteiger partial charge in [-0.3, -0.25) is 0 Å². The first-order chi connectivity index (χ1) is 12.6. The zero-order valence-corrected chi connectivity index (χ0v) is 15.8. The lowest BCUT2D eigenvalue weighted by molar-refractivity contribution is 0.269. The second-order valence-electron chi connectivity index (χ2n) is 6.47. The number of rotatable bonds is 8. The van der Waals surface area contributed by atoms with Gasteiger partial charge in [0, 0.05) is 12.6 Å². The van der Waals surface area contributed by atoms with E-state index >= 15 is 0 Å². The monoisotopic (exact) mass is 375 g/mol. The first-order valence-electron chi connectivity index (χ1n) is 8.92. The molecule has 6 heteroatoms. The fourth-order valence-electron chi connectivity index (χ4n) is 3.00. The highest BCUT2D eigenvalue weighted by Gasteiger charge is 2.27. The zero-order chi connectivity index (χ0) is 18.4. The van der Waals surface area contributed by atoms with E-state index in [9.17, 15) is 8.42 Å². The Kier molecular flexibility index (Phi) is 6.16. The third-order valence-electron chi connectivity index (χ3n) is 4.37. The van der Waals surface area contributed by atoms with Crippen molar-refractivity contribution in [2.75, 3.05) is 18.1 Å². The highest BCUT2D eigenvalue weighted by molar-refractivity contribution is 7.91. The van der Waals surface area contributed by atoms with Gasteiger partial charge in [0.25, 0.3) is 0 Å². The topological polar surface area (TPSA) is 64.6 Å². The molecule has 0 aliphatic carbocycles. The molecule has 26 heavy (non-hydrogen) atoms. The van der Waals surface area contributed by atoms with Crippen LogP contribution in [0.5, 0.6) is 11.5 Å². The van der Waals surface area contributed by atoms with Crippen LogP contribution in [-0.4, -0.2) is 32.6 Å². The Labute approximate surface area is 155 Å². The Morgan fingerprint density at radius 2 is 1.85 bits per heavy atom. The third kappa shape index (κ3) is 5.22. The second kappa shape index (κ2) is 8.56. The van der Waals surface area contributed by atoms with E-state index in [0.29, 0.717) is 37.7 Å². The Hall–Kier alpha value is -2.05. The van der Waals surface area contributed by atoms with E-state index in [1.165, 1.54) is 0 Å². The molecular formula is C20H25NO4S. The average molecular weight is 375 g/mol. The lowest BCUT2D eigenvalue weighted by Crippen LogP contribution is -2.29. The van der Waals surface area contributed by atoms with Gasteiger partial charge in [-0.25, -0.2) is 8.42 Å². The fourth-order valence-corrected chi connectivity index (χ4v) is 4.71. The summed E-state index contributed by atoms with van der Waals surface area (Å²) in [5.74, 6) is 1.93. The standard InChI is InChI=1S/C20H25NO4S/c1-2-24-20-12-17(13-21-18-10-11-26(22,23)15-18)8-9-19(20)25-14-16-6-4-3-5-7-16/h3-9,12,18,21H,2,10-11,13-15H2,1H3. The number of sulfone groups is 1. The first-order valence-corrected chi connectivity index (χ1v) is 10.7. The lowest BCUT2D eigenvalue weighted by atomic mass is 10.1. The maximum absolute atomic E-state index is 11.5. The fraction of sp³-hybridized carbons (Fsp3) is 0.400. The van der Waals surface area contributed by atoms with Crippen LogP contribution in [0.3, 0.4) is 0 Å². The molecule has 0 aromatic heterocycles. The summed E-state index contributed by atoms with van der Waals surface area (Å²) in [5.41, 5.74) is 2.15. The third-order valence-corrected chi connectivity index (χ3v) is 6.14. The SMILES string of the molecule is CCOc1cc(CNC2CCS(=O)(=O)C2)ccc1OCc1ccccc1. The maximum Gasteiger partial charge on any atom is 0.161 e. The Balaban J connectivity index is 1.62. The number of hydrogen-bond donors (Lipinski definition) is 1. The molecule has 1 heterocycles. The number of ether oxygens (including phenoxy) is 2. The summed E-state index contributed by atoms with van der Waals surface area (Å²) in [5, 5.41) is 3.32. The molecule has 2 aromatic carbocycles. The molecule has 0 saturated carbocycles. The molecule has 0 radical (unpaired) electrons. The molecular weight excluding hydrogens is 350 g/mol. The Bertz CT molecular complexity index is 821. The molecule has 0 bridgehead atoms. The molecule has 2 aromatic rings. The molecule has 1 atom stereocenters. The van der Waals surface area contributed by atoms with Crippen molar-refractivity contribution in [3.63, 3.8) is 0 Å². The van der Waals surface area contributed by atoms with Crippen LogP contribution in [0.15, 0.2) is 48.5 Å². The predicted molar refractivity (Wildman–Crippen MR) is 102 cm³/mol. The minimum Gasteiger partial charge on any atom is -0.490 e. The predicted octanol–water partition coefficient (Wildman–Crippen LogP) is 2.94. The summed E-state index contributed by atoms with van der Waals surface area (Å²) < 4.78 is 34.7. The van der Waals surface area contributed by atoms with Gasteiger partial charge >= 0.3 is 0 Å². The van der Waals surface area contributed by atoms with Gasteiger partial charge in [-0.1, -0.05) is 36.4 Å². The summed E-state index contributed by atoms with van der Waals surface area (Å²) in [7, 11) is -2.86. The molecule has 1 N–H and O–H groups in total. The van der Waals surface area contributed by atoms with E-state index in [4.69, 9.17) is 9.47 Å². The highest BCUT2D eigenvalue weighted by atomic mass is 32.2. The van der Waals surface area contributed by atoms with Crippen LogP contribution in [0, 0.1) is 0 Å². The van der Waals surface area contributed by atoms with Crippen LogP contribution in [-0.2, 0) is 23.0 Å².